The Morgan fingerprint density at radius 3 is 2.69 bits per heavy atom. The van der Waals surface area contributed by atoms with Crippen LogP contribution in [-0.2, 0) is 0 Å². The van der Waals surface area contributed by atoms with Gasteiger partial charge in [-0.15, -0.1) is 0 Å². The smallest absolute Gasteiger partial charge is 0.198 e. The van der Waals surface area contributed by atoms with Gasteiger partial charge < -0.3 is 10.1 Å². The van der Waals surface area contributed by atoms with Gasteiger partial charge in [-0.05, 0) is 24.3 Å². The highest BCUT2D eigenvalue weighted by molar-refractivity contribution is 6.11. The maximum atomic E-state index is 12.6. The van der Waals surface area contributed by atoms with Crippen molar-refractivity contribution in [3.8, 4) is 23.1 Å². The normalized spacial score (nSPS) is 10.6. The van der Waals surface area contributed by atoms with Crippen LogP contribution in [0.25, 0.3) is 22.2 Å². The average molecular weight is 339 g/mol. The van der Waals surface area contributed by atoms with Gasteiger partial charge in [0.05, 0.1) is 16.8 Å². The van der Waals surface area contributed by atoms with Crippen LogP contribution in [-0.4, -0.2) is 20.9 Å². The monoisotopic (exact) mass is 339 g/mol. The van der Waals surface area contributed by atoms with E-state index in [1.165, 1.54) is 24.4 Å². The lowest BCUT2D eigenvalue weighted by Gasteiger charge is -2.06. The summed E-state index contributed by atoms with van der Waals surface area (Å²) < 4.78 is 0. The summed E-state index contributed by atoms with van der Waals surface area (Å²) in [5.41, 5.74) is 3.00. The Hall–Kier alpha value is -3.91. The number of nitriles is 1. The lowest BCUT2D eigenvalue weighted by atomic mass is 9.99. The number of hydrogen-bond donors (Lipinski definition) is 2. The van der Waals surface area contributed by atoms with E-state index in [0.717, 1.165) is 16.5 Å². The fourth-order valence-electron chi connectivity index (χ4n) is 2.98. The number of phenols is 1. The van der Waals surface area contributed by atoms with Crippen molar-refractivity contribution >= 4 is 16.7 Å². The fraction of sp³-hybridized carbons (Fsp3) is 0. The number of carbonyl (C=O) groups excluding carboxylic acids is 1. The standard InChI is InChI=1S/C21H13N3O2/c22-10-13-9-14(21(26)16-6-2-4-8-19(16)25)11-24-20(13)17-12-23-18-7-3-1-5-15(17)18/h1-9,11-12,23,25H. The molecule has 0 amide bonds. The van der Waals surface area contributed by atoms with Crippen LogP contribution in [0.2, 0.25) is 0 Å². The quantitative estimate of drug-likeness (QED) is 0.551. The lowest BCUT2D eigenvalue weighted by Crippen LogP contribution is -2.04. The van der Waals surface area contributed by atoms with E-state index in [0.29, 0.717) is 11.3 Å². The number of benzene rings is 2. The van der Waals surface area contributed by atoms with Crippen molar-refractivity contribution in [2.45, 2.75) is 0 Å². The van der Waals surface area contributed by atoms with E-state index in [9.17, 15) is 15.2 Å². The molecule has 124 valence electrons. The van der Waals surface area contributed by atoms with Gasteiger partial charge in [0.1, 0.15) is 11.8 Å². The van der Waals surface area contributed by atoms with E-state index in [-0.39, 0.29) is 22.7 Å². The molecule has 0 unspecified atom stereocenters. The first-order valence-corrected chi connectivity index (χ1v) is 7.98. The summed E-state index contributed by atoms with van der Waals surface area (Å²) in [4.78, 5) is 20.2. The first-order valence-electron chi connectivity index (χ1n) is 7.98. The molecule has 0 saturated carbocycles. The van der Waals surface area contributed by atoms with Gasteiger partial charge in [-0.1, -0.05) is 30.3 Å². The molecule has 26 heavy (non-hydrogen) atoms. The average Bonchev–Trinajstić information content (AvgIpc) is 3.11. The van der Waals surface area contributed by atoms with E-state index in [1.807, 2.05) is 24.3 Å². The number of aromatic amines is 1. The molecule has 2 heterocycles. The molecule has 5 nitrogen and oxygen atoms in total. The Labute approximate surface area is 149 Å². The van der Waals surface area contributed by atoms with Gasteiger partial charge in [0.25, 0.3) is 0 Å². The Kier molecular flexibility index (Phi) is 3.71. The summed E-state index contributed by atoms with van der Waals surface area (Å²) in [6, 6.07) is 17.7. The molecule has 0 aliphatic heterocycles. The number of pyridine rings is 1. The minimum atomic E-state index is -0.377. The van der Waals surface area contributed by atoms with E-state index in [1.54, 1.807) is 18.3 Å². The molecule has 4 aromatic rings. The Bertz CT molecular complexity index is 1190. The molecule has 0 fully saturated rings. The molecule has 4 rings (SSSR count). The maximum absolute atomic E-state index is 12.6. The summed E-state index contributed by atoms with van der Waals surface area (Å²) in [6.45, 7) is 0. The Morgan fingerprint density at radius 2 is 1.88 bits per heavy atom. The Morgan fingerprint density at radius 1 is 1.12 bits per heavy atom. The number of H-pyrrole nitrogens is 1. The summed E-state index contributed by atoms with van der Waals surface area (Å²) >= 11 is 0. The van der Waals surface area contributed by atoms with Gasteiger partial charge in [0.15, 0.2) is 5.78 Å². The molecular formula is C21H13N3O2. The van der Waals surface area contributed by atoms with E-state index in [4.69, 9.17) is 0 Å². The molecule has 0 saturated heterocycles. The number of ketones is 1. The number of fused-ring (bicyclic) bond motifs is 1. The van der Waals surface area contributed by atoms with Crippen molar-refractivity contribution in [1.29, 1.82) is 5.26 Å². The lowest BCUT2D eigenvalue weighted by molar-refractivity contribution is 0.103. The predicted octanol–water partition coefficient (Wildman–Crippen LogP) is 4.04. The summed E-state index contributed by atoms with van der Waals surface area (Å²) in [5.74, 6) is -0.478. The van der Waals surface area contributed by atoms with Crippen LogP contribution in [0, 0.1) is 11.3 Å². The molecular weight excluding hydrogens is 326 g/mol. The second-order valence-electron chi connectivity index (χ2n) is 5.83. The zero-order chi connectivity index (χ0) is 18.1. The minimum Gasteiger partial charge on any atom is -0.507 e. The molecule has 2 aromatic carbocycles. The van der Waals surface area contributed by atoms with Crippen molar-refractivity contribution in [2.75, 3.05) is 0 Å². The van der Waals surface area contributed by atoms with Crippen LogP contribution < -0.4 is 0 Å². The van der Waals surface area contributed by atoms with Gasteiger partial charge in [-0.3, -0.25) is 9.78 Å². The largest absolute Gasteiger partial charge is 0.507 e. The molecule has 0 aliphatic rings. The number of carbonyl (C=O) groups is 1. The summed E-state index contributed by atoms with van der Waals surface area (Å²) in [6.07, 6.45) is 3.24. The topological polar surface area (TPSA) is 89.8 Å². The minimum absolute atomic E-state index is 0.100. The summed E-state index contributed by atoms with van der Waals surface area (Å²) in [7, 11) is 0. The number of phenolic OH excluding ortho intramolecular Hbond substituents is 1. The third-order valence-electron chi connectivity index (χ3n) is 4.26. The highest BCUT2D eigenvalue weighted by Gasteiger charge is 2.17. The third kappa shape index (κ3) is 2.50. The zero-order valence-corrected chi connectivity index (χ0v) is 13.6. The molecule has 2 aromatic heterocycles. The van der Waals surface area contributed by atoms with Crippen LogP contribution in [0.3, 0.4) is 0 Å². The number of aromatic hydroxyl groups is 1. The number of aromatic nitrogens is 2. The van der Waals surface area contributed by atoms with Gasteiger partial charge in [0.2, 0.25) is 0 Å². The molecule has 0 bridgehead atoms. The predicted molar refractivity (Wildman–Crippen MR) is 97.8 cm³/mol. The first kappa shape index (κ1) is 15.6. The van der Waals surface area contributed by atoms with Crippen LogP contribution in [0.4, 0.5) is 0 Å². The second kappa shape index (κ2) is 6.19. The molecule has 0 aliphatic carbocycles. The van der Waals surface area contributed by atoms with Gasteiger partial charge in [-0.25, -0.2) is 0 Å². The second-order valence-corrected chi connectivity index (χ2v) is 5.83. The fourth-order valence-corrected chi connectivity index (χ4v) is 2.98. The van der Waals surface area contributed by atoms with E-state index < -0.39 is 0 Å². The van der Waals surface area contributed by atoms with Crippen LogP contribution in [0.1, 0.15) is 21.5 Å². The van der Waals surface area contributed by atoms with Crippen molar-refractivity contribution in [1.82, 2.24) is 9.97 Å². The number of hydrogen-bond acceptors (Lipinski definition) is 4. The van der Waals surface area contributed by atoms with Gasteiger partial charge >= 0.3 is 0 Å². The zero-order valence-electron chi connectivity index (χ0n) is 13.6. The molecule has 0 radical (unpaired) electrons. The highest BCUT2D eigenvalue weighted by Crippen LogP contribution is 2.30. The van der Waals surface area contributed by atoms with Crippen LogP contribution >= 0.6 is 0 Å². The highest BCUT2D eigenvalue weighted by atomic mass is 16.3. The van der Waals surface area contributed by atoms with Crippen LogP contribution in [0.5, 0.6) is 5.75 Å². The molecule has 2 N–H and O–H groups in total. The first-order chi connectivity index (χ1) is 12.7. The molecule has 0 atom stereocenters. The molecule has 5 heteroatoms. The number of rotatable bonds is 3. The third-order valence-corrected chi connectivity index (χ3v) is 4.26. The van der Waals surface area contributed by atoms with Crippen molar-refractivity contribution in [3.63, 3.8) is 0 Å². The number of nitrogens with zero attached hydrogens (tertiary/aromatic N) is 2. The Balaban J connectivity index is 1.82. The van der Waals surface area contributed by atoms with E-state index in [2.05, 4.69) is 16.0 Å². The van der Waals surface area contributed by atoms with E-state index >= 15 is 0 Å². The van der Waals surface area contributed by atoms with Gasteiger partial charge in [0, 0.05) is 34.4 Å². The van der Waals surface area contributed by atoms with Crippen molar-refractivity contribution in [3.05, 3.63) is 83.7 Å². The van der Waals surface area contributed by atoms with Crippen molar-refractivity contribution in [2.24, 2.45) is 0 Å². The SMILES string of the molecule is N#Cc1cc(C(=O)c2ccccc2O)cnc1-c1c[nH]c2ccccc12. The van der Waals surface area contributed by atoms with Crippen molar-refractivity contribution < 1.29 is 9.90 Å². The number of para-hydroxylation sites is 2. The number of nitrogens with one attached hydrogen (secondary N) is 1. The maximum Gasteiger partial charge on any atom is 0.198 e. The summed E-state index contributed by atoms with van der Waals surface area (Å²) in [5, 5.41) is 20.4. The van der Waals surface area contributed by atoms with Gasteiger partial charge in [-0.2, -0.15) is 5.26 Å². The molecule has 0 spiro atoms. The van der Waals surface area contributed by atoms with Crippen LogP contribution in [0.15, 0.2) is 67.0 Å².